The van der Waals surface area contributed by atoms with Crippen LogP contribution in [0.1, 0.15) is 27.8 Å². The Balaban J connectivity index is 1.67. The minimum Gasteiger partial charge on any atom is -0.490 e. The number of anilines is 1. The Labute approximate surface area is 157 Å². The van der Waals surface area contributed by atoms with Crippen molar-refractivity contribution in [1.29, 1.82) is 0 Å². The number of fused-ring (bicyclic) bond motifs is 1. The summed E-state index contributed by atoms with van der Waals surface area (Å²) in [6.45, 7) is 4.49. The van der Waals surface area contributed by atoms with Gasteiger partial charge >= 0.3 is 0 Å². The molecule has 1 N–H and O–H groups in total. The van der Waals surface area contributed by atoms with Gasteiger partial charge in [0.1, 0.15) is 24.3 Å². The highest BCUT2D eigenvalue weighted by atomic mass is 16.5. The van der Waals surface area contributed by atoms with E-state index in [9.17, 15) is 4.79 Å². The van der Waals surface area contributed by atoms with Crippen LogP contribution in [0.5, 0.6) is 5.75 Å². The number of carbonyl (C=O) groups is 1. The second-order valence-corrected chi connectivity index (χ2v) is 6.27. The number of carbonyl (C=O) groups excluding carboxylic acids is 1. The third-order valence-electron chi connectivity index (χ3n) is 4.49. The van der Waals surface area contributed by atoms with Gasteiger partial charge in [0.25, 0.3) is 5.91 Å². The molecule has 0 saturated carbocycles. The molecule has 3 aromatic rings. The minimum atomic E-state index is -0.300. The molecule has 0 spiro atoms. The molecule has 0 unspecified atom stereocenters. The van der Waals surface area contributed by atoms with Crippen molar-refractivity contribution in [3.8, 4) is 5.75 Å². The molecule has 136 valence electrons. The van der Waals surface area contributed by atoms with Crippen molar-refractivity contribution >= 4 is 11.6 Å². The van der Waals surface area contributed by atoms with E-state index in [1.54, 1.807) is 17.2 Å². The van der Waals surface area contributed by atoms with Gasteiger partial charge in [0.15, 0.2) is 0 Å². The number of hydrogen-bond acceptors (Lipinski definition) is 4. The molecule has 5 heteroatoms. The Hall–Kier alpha value is -3.47. The lowest BCUT2D eigenvalue weighted by Gasteiger charge is -2.37. The van der Waals surface area contributed by atoms with Crippen LogP contribution in [0.4, 0.5) is 5.69 Å². The van der Waals surface area contributed by atoms with E-state index in [1.807, 2.05) is 60.7 Å². The van der Waals surface area contributed by atoms with Crippen LogP contribution in [0.2, 0.25) is 0 Å². The van der Waals surface area contributed by atoms with Crippen LogP contribution in [0.15, 0.2) is 84.0 Å². The maximum atomic E-state index is 13.1. The van der Waals surface area contributed by atoms with Gasteiger partial charge in [0.05, 0.1) is 18.4 Å². The fourth-order valence-electron chi connectivity index (χ4n) is 3.19. The monoisotopic (exact) mass is 360 g/mol. The second kappa shape index (κ2) is 7.41. The Morgan fingerprint density at radius 3 is 2.67 bits per heavy atom. The highest BCUT2D eigenvalue weighted by Gasteiger charge is 2.33. The first-order valence-electron chi connectivity index (χ1n) is 8.79. The van der Waals surface area contributed by atoms with Crippen LogP contribution in [0.3, 0.4) is 0 Å². The number of benzene rings is 2. The quantitative estimate of drug-likeness (QED) is 0.652. The molecule has 0 saturated heterocycles. The summed E-state index contributed by atoms with van der Waals surface area (Å²) in [6.07, 6.45) is 3.02. The highest BCUT2D eigenvalue weighted by molar-refractivity contribution is 6.01. The molecule has 1 aliphatic heterocycles. The van der Waals surface area contributed by atoms with E-state index in [0.29, 0.717) is 18.7 Å². The maximum absolute atomic E-state index is 13.1. The summed E-state index contributed by atoms with van der Waals surface area (Å²) in [5.41, 5.74) is 2.46. The average Bonchev–Trinajstić information content (AvgIpc) is 3.22. The minimum absolute atomic E-state index is 0.0299. The topological polar surface area (TPSA) is 54.7 Å². The summed E-state index contributed by atoms with van der Waals surface area (Å²) in [4.78, 5) is 14.9. The third-order valence-corrected chi connectivity index (χ3v) is 4.49. The number of nitrogens with one attached hydrogen (secondary N) is 1. The molecular formula is C22H20N2O3. The standard InChI is InChI=1S/C22H20N2O3/c1-2-13-26-17-11-9-16(10-12-17)21-23-20-8-4-3-7-19(20)22(25)24(21)15-18-6-5-14-27-18/h2-12,14,21,23H,1,13,15H2/t21-/m1/s1. The smallest absolute Gasteiger partial charge is 0.258 e. The van der Waals surface area contributed by atoms with Crippen LogP contribution < -0.4 is 10.1 Å². The summed E-state index contributed by atoms with van der Waals surface area (Å²) >= 11 is 0. The van der Waals surface area contributed by atoms with Crippen LogP contribution in [0, 0.1) is 0 Å². The van der Waals surface area contributed by atoms with Crippen LogP contribution in [0.25, 0.3) is 0 Å². The third kappa shape index (κ3) is 3.44. The Kier molecular flexibility index (Phi) is 4.66. The number of furan rings is 1. The van der Waals surface area contributed by atoms with Crippen molar-refractivity contribution in [2.24, 2.45) is 0 Å². The largest absolute Gasteiger partial charge is 0.490 e. The van der Waals surface area contributed by atoms with E-state index in [4.69, 9.17) is 9.15 Å². The molecule has 1 atom stereocenters. The molecule has 0 aliphatic carbocycles. The average molecular weight is 360 g/mol. The molecule has 2 heterocycles. The summed E-state index contributed by atoms with van der Waals surface area (Å²) in [7, 11) is 0. The number of para-hydroxylation sites is 1. The molecular weight excluding hydrogens is 340 g/mol. The molecule has 1 aromatic heterocycles. The first kappa shape index (κ1) is 17.0. The van der Waals surface area contributed by atoms with E-state index in [2.05, 4.69) is 11.9 Å². The van der Waals surface area contributed by atoms with Gasteiger partial charge in [-0.3, -0.25) is 4.79 Å². The number of ether oxygens (including phenoxy) is 1. The Morgan fingerprint density at radius 1 is 1.11 bits per heavy atom. The summed E-state index contributed by atoms with van der Waals surface area (Å²) in [6, 6.07) is 19.0. The second-order valence-electron chi connectivity index (χ2n) is 6.27. The maximum Gasteiger partial charge on any atom is 0.258 e. The summed E-state index contributed by atoms with van der Waals surface area (Å²) in [5.74, 6) is 1.47. The lowest BCUT2D eigenvalue weighted by Crippen LogP contribution is -2.42. The van der Waals surface area contributed by atoms with Gasteiger partial charge in [0, 0.05) is 5.69 Å². The predicted molar refractivity (Wildman–Crippen MR) is 104 cm³/mol. The zero-order chi connectivity index (χ0) is 18.6. The van der Waals surface area contributed by atoms with Gasteiger partial charge in [-0.05, 0) is 42.0 Å². The molecule has 1 aliphatic rings. The molecule has 5 nitrogen and oxygen atoms in total. The number of hydrogen-bond donors (Lipinski definition) is 1. The molecule has 4 rings (SSSR count). The highest BCUT2D eigenvalue weighted by Crippen LogP contribution is 2.34. The molecule has 2 aromatic carbocycles. The van der Waals surface area contributed by atoms with Gasteiger partial charge in [-0.2, -0.15) is 0 Å². The first-order valence-corrected chi connectivity index (χ1v) is 8.79. The van der Waals surface area contributed by atoms with Gasteiger partial charge in [-0.25, -0.2) is 0 Å². The molecule has 27 heavy (non-hydrogen) atoms. The van der Waals surface area contributed by atoms with Crippen LogP contribution >= 0.6 is 0 Å². The van der Waals surface area contributed by atoms with Crippen molar-refractivity contribution in [3.05, 3.63) is 96.5 Å². The molecule has 0 bridgehead atoms. The Bertz CT molecular complexity index is 932. The van der Waals surface area contributed by atoms with Gasteiger partial charge in [-0.1, -0.05) is 36.9 Å². The van der Waals surface area contributed by atoms with Gasteiger partial charge in [0.2, 0.25) is 0 Å². The first-order chi connectivity index (χ1) is 13.3. The van der Waals surface area contributed by atoms with E-state index < -0.39 is 0 Å². The van der Waals surface area contributed by atoms with Crippen molar-refractivity contribution < 1.29 is 13.9 Å². The fraction of sp³-hybridized carbons (Fsp3) is 0.136. The normalized spacial score (nSPS) is 15.8. The lowest BCUT2D eigenvalue weighted by molar-refractivity contribution is 0.0651. The van der Waals surface area contributed by atoms with E-state index in [-0.39, 0.29) is 12.1 Å². The number of rotatable bonds is 6. The van der Waals surface area contributed by atoms with Crippen molar-refractivity contribution in [1.82, 2.24) is 4.90 Å². The molecule has 1 amide bonds. The van der Waals surface area contributed by atoms with E-state index >= 15 is 0 Å². The number of amides is 1. The fourth-order valence-corrected chi connectivity index (χ4v) is 3.19. The lowest BCUT2D eigenvalue weighted by atomic mass is 10.0. The summed E-state index contributed by atoms with van der Waals surface area (Å²) < 4.78 is 11.0. The molecule has 0 fully saturated rings. The predicted octanol–water partition coefficient (Wildman–Crippen LogP) is 4.61. The summed E-state index contributed by atoms with van der Waals surface area (Å²) in [5, 5.41) is 3.48. The van der Waals surface area contributed by atoms with E-state index in [1.165, 1.54) is 0 Å². The Morgan fingerprint density at radius 2 is 1.93 bits per heavy atom. The van der Waals surface area contributed by atoms with Gasteiger partial charge in [-0.15, -0.1) is 0 Å². The zero-order valence-corrected chi connectivity index (χ0v) is 14.8. The number of nitrogens with zero attached hydrogens (tertiary/aromatic N) is 1. The molecule has 0 radical (unpaired) electrons. The van der Waals surface area contributed by atoms with Crippen molar-refractivity contribution in [3.63, 3.8) is 0 Å². The van der Waals surface area contributed by atoms with Crippen molar-refractivity contribution in [2.45, 2.75) is 12.7 Å². The zero-order valence-electron chi connectivity index (χ0n) is 14.8. The van der Waals surface area contributed by atoms with Crippen LogP contribution in [-0.2, 0) is 6.54 Å². The van der Waals surface area contributed by atoms with Gasteiger partial charge < -0.3 is 19.4 Å². The van der Waals surface area contributed by atoms with Crippen LogP contribution in [-0.4, -0.2) is 17.4 Å². The van der Waals surface area contributed by atoms with E-state index in [0.717, 1.165) is 22.8 Å². The SMILES string of the molecule is C=CCOc1ccc([C@@H]2Nc3ccccc3C(=O)N2Cc2ccco2)cc1. The van der Waals surface area contributed by atoms with Crippen molar-refractivity contribution in [2.75, 3.05) is 11.9 Å².